The fraction of sp³-hybridized carbons (Fsp3) is 0.429. The Morgan fingerprint density at radius 2 is 1.97 bits per heavy atom. The highest BCUT2D eigenvalue weighted by atomic mass is 16.6. The Hall–Kier alpha value is -3.88. The van der Waals surface area contributed by atoms with Gasteiger partial charge in [0.05, 0.1) is 28.4 Å². The van der Waals surface area contributed by atoms with E-state index in [-0.39, 0.29) is 11.9 Å². The standard InChI is InChI=1S/C28H34N6O3/c1-6-34-23(15-18-11-12-29-16-24(18)34)25-31-21-14-19(9-10-22(21)32(25)5)26(35)33-13-7-8-20(17-33)30-27(36)37-28(2,3)4/h9-12,14-16,20H,6-8,13,17H2,1-5H3,(H,30,36). The van der Waals surface area contributed by atoms with Gasteiger partial charge in [-0.3, -0.25) is 9.78 Å². The van der Waals surface area contributed by atoms with Gasteiger partial charge in [0.15, 0.2) is 5.82 Å². The van der Waals surface area contributed by atoms with Crippen LogP contribution in [0.15, 0.2) is 42.7 Å². The Bertz CT molecular complexity index is 1480. The molecular weight excluding hydrogens is 468 g/mol. The summed E-state index contributed by atoms with van der Waals surface area (Å²) in [6.07, 6.45) is 4.86. The molecule has 5 rings (SSSR count). The van der Waals surface area contributed by atoms with Gasteiger partial charge in [-0.1, -0.05) is 0 Å². The number of nitrogens with one attached hydrogen (secondary N) is 1. The van der Waals surface area contributed by atoms with E-state index >= 15 is 0 Å². The molecule has 9 heteroatoms. The van der Waals surface area contributed by atoms with Crippen LogP contribution in [0.3, 0.4) is 0 Å². The summed E-state index contributed by atoms with van der Waals surface area (Å²) in [5, 5.41) is 4.03. The lowest BCUT2D eigenvalue weighted by molar-refractivity contribution is 0.0452. The van der Waals surface area contributed by atoms with E-state index in [2.05, 4.69) is 32.4 Å². The molecule has 1 fully saturated rings. The molecule has 1 unspecified atom stereocenters. The van der Waals surface area contributed by atoms with E-state index < -0.39 is 11.7 Å². The lowest BCUT2D eigenvalue weighted by Crippen LogP contribution is -2.50. The number of pyridine rings is 1. The molecule has 1 aliphatic heterocycles. The molecule has 1 N–H and O–H groups in total. The number of carbonyl (C=O) groups excluding carboxylic acids is 2. The summed E-state index contributed by atoms with van der Waals surface area (Å²) in [6.45, 7) is 9.52. The predicted molar refractivity (Wildman–Crippen MR) is 143 cm³/mol. The quantitative estimate of drug-likeness (QED) is 0.435. The minimum absolute atomic E-state index is 0.0569. The van der Waals surface area contributed by atoms with Crippen LogP contribution in [0.4, 0.5) is 4.79 Å². The Morgan fingerprint density at radius 3 is 2.73 bits per heavy atom. The van der Waals surface area contributed by atoms with Crippen LogP contribution in [0.25, 0.3) is 33.5 Å². The van der Waals surface area contributed by atoms with Crippen molar-refractivity contribution in [1.82, 2.24) is 29.3 Å². The van der Waals surface area contributed by atoms with Crippen molar-refractivity contribution in [2.75, 3.05) is 13.1 Å². The zero-order valence-corrected chi connectivity index (χ0v) is 22.1. The molecular formula is C28H34N6O3. The van der Waals surface area contributed by atoms with Crippen molar-refractivity contribution in [1.29, 1.82) is 0 Å². The second kappa shape index (κ2) is 9.53. The molecule has 3 aromatic heterocycles. The molecule has 0 spiro atoms. The molecule has 37 heavy (non-hydrogen) atoms. The number of benzene rings is 1. The number of hydrogen-bond acceptors (Lipinski definition) is 5. The van der Waals surface area contributed by atoms with Crippen molar-refractivity contribution >= 4 is 33.9 Å². The number of hydrogen-bond donors (Lipinski definition) is 1. The second-order valence-electron chi connectivity index (χ2n) is 10.6. The van der Waals surface area contributed by atoms with Crippen molar-refractivity contribution < 1.29 is 14.3 Å². The van der Waals surface area contributed by atoms with E-state index in [4.69, 9.17) is 9.72 Å². The number of rotatable bonds is 4. The molecule has 0 saturated carbocycles. The van der Waals surface area contributed by atoms with E-state index in [9.17, 15) is 9.59 Å². The summed E-state index contributed by atoms with van der Waals surface area (Å²) in [6, 6.07) is 9.70. The Kier molecular flexibility index (Phi) is 6.39. The lowest BCUT2D eigenvalue weighted by Gasteiger charge is -2.33. The fourth-order valence-electron chi connectivity index (χ4n) is 5.12. The first kappa shape index (κ1) is 24.8. The maximum absolute atomic E-state index is 13.4. The van der Waals surface area contributed by atoms with Gasteiger partial charge in [0.25, 0.3) is 5.91 Å². The van der Waals surface area contributed by atoms with Gasteiger partial charge in [-0.15, -0.1) is 0 Å². The Labute approximate surface area is 216 Å². The van der Waals surface area contributed by atoms with E-state index in [0.717, 1.165) is 52.8 Å². The normalized spacial score (nSPS) is 16.4. The topological polar surface area (TPSA) is 94.3 Å². The molecule has 1 saturated heterocycles. The van der Waals surface area contributed by atoms with Gasteiger partial charge in [-0.05, 0) is 70.9 Å². The molecule has 2 amide bonds. The molecule has 0 radical (unpaired) electrons. The van der Waals surface area contributed by atoms with Crippen molar-refractivity contribution in [2.24, 2.45) is 7.05 Å². The molecule has 4 aromatic rings. The number of amides is 2. The number of piperidine rings is 1. The summed E-state index contributed by atoms with van der Waals surface area (Å²) >= 11 is 0. The summed E-state index contributed by atoms with van der Waals surface area (Å²) in [5.74, 6) is 0.788. The number of aromatic nitrogens is 4. The average Bonchev–Trinajstić information content (AvgIpc) is 3.39. The molecule has 0 bridgehead atoms. The minimum Gasteiger partial charge on any atom is -0.444 e. The number of alkyl carbamates (subject to hydrolysis) is 1. The van der Waals surface area contributed by atoms with Crippen LogP contribution >= 0.6 is 0 Å². The third-order valence-corrected chi connectivity index (χ3v) is 6.81. The third-order valence-electron chi connectivity index (χ3n) is 6.81. The van der Waals surface area contributed by atoms with Gasteiger partial charge in [0.1, 0.15) is 5.60 Å². The van der Waals surface area contributed by atoms with Crippen molar-refractivity contribution in [2.45, 2.75) is 58.7 Å². The molecule has 194 valence electrons. The summed E-state index contributed by atoms with van der Waals surface area (Å²) in [4.78, 5) is 36.7. The van der Waals surface area contributed by atoms with Crippen LogP contribution in [0, 0.1) is 0 Å². The highest BCUT2D eigenvalue weighted by Gasteiger charge is 2.28. The monoisotopic (exact) mass is 502 g/mol. The Balaban J connectivity index is 1.39. The fourth-order valence-corrected chi connectivity index (χ4v) is 5.12. The maximum Gasteiger partial charge on any atom is 0.407 e. The Morgan fingerprint density at radius 1 is 1.16 bits per heavy atom. The number of aryl methyl sites for hydroxylation is 2. The van der Waals surface area contributed by atoms with Crippen molar-refractivity contribution in [3.8, 4) is 11.5 Å². The van der Waals surface area contributed by atoms with Crippen molar-refractivity contribution in [3.05, 3.63) is 48.3 Å². The van der Waals surface area contributed by atoms with Crippen LogP contribution in [0.2, 0.25) is 0 Å². The van der Waals surface area contributed by atoms with E-state index in [1.54, 1.807) is 11.1 Å². The summed E-state index contributed by atoms with van der Waals surface area (Å²) in [7, 11) is 2.00. The molecule has 0 aliphatic carbocycles. The average molecular weight is 503 g/mol. The van der Waals surface area contributed by atoms with Gasteiger partial charge in [-0.25, -0.2) is 9.78 Å². The third kappa shape index (κ3) is 4.90. The number of carbonyl (C=O) groups is 2. The van der Waals surface area contributed by atoms with Gasteiger partial charge >= 0.3 is 6.09 Å². The SMILES string of the molecule is CCn1c(-c2nc3cc(C(=O)N4CCCC(NC(=O)OC(C)(C)C)C4)ccc3n2C)cc2ccncc21. The number of nitrogens with zero attached hydrogens (tertiary/aromatic N) is 5. The second-order valence-corrected chi connectivity index (χ2v) is 10.6. The van der Waals surface area contributed by atoms with Crippen LogP contribution < -0.4 is 5.32 Å². The number of fused-ring (bicyclic) bond motifs is 2. The van der Waals surface area contributed by atoms with Crippen molar-refractivity contribution in [3.63, 3.8) is 0 Å². The number of ether oxygens (including phenoxy) is 1. The van der Waals surface area contributed by atoms with Crippen LogP contribution in [-0.4, -0.2) is 60.7 Å². The number of likely N-dealkylation sites (tertiary alicyclic amines) is 1. The largest absolute Gasteiger partial charge is 0.444 e. The highest BCUT2D eigenvalue weighted by Crippen LogP contribution is 2.30. The van der Waals surface area contributed by atoms with Gasteiger partial charge in [0.2, 0.25) is 0 Å². The molecule has 9 nitrogen and oxygen atoms in total. The molecule has 4 heterocycles. The molecule has 1 atom stereocenters. The van der Waals surface area contributed by atoms with Gasteiger partial charge in [-0.2, -0.15) is 0 Å². The zero-order chi connectivity index (χ0) is 26.3. The van der Waals surface area contributed by atoms with Crippen LogP contribution in [0.1, 0.15) is 50.9 Å². The first-order chi connectivity index (χ1) is 17.6. The first-order valence-electron chi connectivity index (χ1n) is 12.8. The smallest absolute Gasteiger partial charge is 0.407 e. The molecule has 1 aromatic carbocycles. The lowest BCUT2D eigenvalue weighted by atomic mass is 10.0. The summed E-state index contributed by atoms with van der Waals surface area (Å²) in [5.41, 5.74) is 3.85. The zero-order valence-electron chi connectivity index (χ0n) is 22.1. The summed E-state index contributed by atoms with van der Waals surface area (Å²) < 4.78 is 9.66. The van der Waals surface area contributed by atoms with Gasteiger partial charge in [0, 0.05) is 49.9 Å². The highest BCUT2D eigenvalue weighted by molar-refractivity contribution is 5.98. The van der Waals surface area contributed by atoms with Crippen LogP contribution in [0.5, 0.6) is 0 Å². The van der Waals surface area contributed by atoms with Crippen LogP contribution in [-0.2, 0) is 18.3 Å². The predicted octanol–water partition coefficient (Wildman–Crippen LogP) is 4.74. The van der Waals surface area contributed by atoms with E-state index in [1.807, 2.05) is 58.3 Å². The first-order valence-corrected chi connectivity index (χ1v) is 12.8. The van der Waals surface area contributed by atoms with Gasteiger partial charge < -0.3 is 24.1 Å². The van der Waals surface area contributed by atoms with E-state index in [1.165, 1.54) is 0 Å². The number of imidazole rings is 1. The maximum atomic E-state index is 13.4. The minimum atomic E-state index is -0.562. The molecule has 1 aliphatic rings. The van der Waals surface area contributed by atoms with E-state index in [0.29, 0.717) is 18.7 Å².